The summed E-state index contributed by atoms with van der Waals surface area (Å²) in [5.41, 5.74) is 0.672. The normalized spacial score (nSPS) is 14.6. The zero-order valence-electron chi connectivity index (χ0n) is 15.9. The molecule has 10 heteroatoms. The van der Waals surface area contributed by atoms with Gasteiger partial charge in [-0.2, -0.15) is 0 Å². The van der Waals surface area contributed by atoms with Crippen LogP contribution >= 0.6 is 11.6 Å². The van der Waals surface area contributed by atoms with Gasteiger partial charge in [0.1, 0.15) is 13.2 Å². The van der Waals surface area contributed by atoms with E-state index in [1.54, 1.807) is 30.3 Å². The van der Waals surface area contributed by atoms with Crippen LogP contribution in [0.4, 0.5) is 0 Å². The lowest BCUT2D eigenvalue weighted by Gasteiger charge is -2.19. The SMILES string of the molecule is CC(OCc1cc2cc(Cl)ccc2n1S(=O)(=O)c1ccc2c(c1)OCCO2)C(=O)O. The van der Waals surface area contributed by atoms with Gasteiger partial charge in [-0.3, -0.25) is 0 Å². The predicted octanol–water partition coefficient (Wildman–Crippen LogP) is 3.29. The van der Waals surface area contributed by atoms with Crippen LogP contribution in [0.5, 0.6) is 11.5 Å². The number of halogens is 1. The van der Waals surface area contributed by atoms with Crippen molar-refractivity contribution in [3.63, 3.8) is 0 Å². The molecule has 0 saturated heterocycles. The van der Waals surface area contributed by atoms with Crippen molar-refractivity contribution in [1.29, 1.82) is 0 Å². The Bertz CT molecular complexity index is 1240. The first-order valence-electron chi connectivity index (χ1n) is 9.07. The van der Waals surface area contributed by atoms with Crippen LogP contribution in [0.2, 0.25) is 5.02 Å². The van der Waals surface area contributed by atoms with Crippen LogP contribution in [0.25, 0.3) is 10.9 Å². The van der Waals surface area contributed by atoms with E-state index in [4.69, 9.17) is 30.9 Å². The molecule has 1 atom stereocenters. The standard InChI is InChI=1S/C20H18ClNO7S/c1-12(20(23)24)29-11-15-9-13-8-14(21)2-4-17(13)22(15)30(25,26)16-3-5-18-19(10-16)28-7-6-27-18/h2-5,8-10,12H,6-7,11H2,1H3,(H,23,24). The summed E-state index contributed by atoms with van der Waals surface area (Å²) in [7, 11) is -4.06. The Balaban J connectivity index is 1.83. The number of fused-ring (bicyclic) bond motifs is 2. The average molecular weight is 452 g/mol. The molecule has 0 spiro atoms. The average Bonchev–Trinajstić information content (AvgIpc) is 3.09. The molecular formula is C20H18ClNO7S. The summed E-state index contributed by atoms with van der Waals surface area (Å²) < 4.78 is 44.5. The zero-order chi connectivity index (χ0) is 21.5. The number of carbonyl (C=O) groups is 1. The van der Waals surface area contributed by atoms with Crippen molar-refractivity contribution >= 4 is 38.5 Å². The fourth-order valence-electron chi connectivity index (χ4n) is 3.17. The highest BCUT2D eigenvalue weighted by Crippen LogP contribution is 2.35. The van der Waals surface area contributed by atoms with E-state index in [9.17, 15) is 13.2 Å². The van der Waals surface area contributed by atoms with Crippen LogP contribution in [-0.4, -0.2) is 42.8 Å². The molecule has 0 aliphatic carbocycles. The zero-order valence-corrected chi connectivity index (χ0v) is 17.4. The van der Waals surface area contributed by atoms with Crippen molar-refractivity contribution in [2.24, 2.45) is 0 Å². The monoisotopic (exact) mass is 451 g/mol. The van der Waals surface area contributed by atoms with Crippen molar-refractivity contribution in [2.75, 3.05) is 13.2 Å². The van der Waals surface area contributed by atoms with E-state index in [-0.39, 0.29) is 17.2 Å². The summed E-state index contributed by atoms with van der Waals surface area (Å²) in [4.78, 5) is 11.1. The van der Waals surface area contributed by atoms with Crippen LogP contribution < -0.4 is 9.47 Å². The van der Waals surface area contributed by atoms with E-state index in [1.807, 2.05) is 0 Å². The van der Waals surface area contributed by atoms with Crippen LogP contribution in [0, 0.1) is 0 Å². The minimum atomic E-state index is -4.06. The molecule has 0 radical (unpaired) electrons. The summed E-state index contributed by atoms with van der Waals surface area (Å²) in [5.74, 6) is -0.322. The first-order valence-corrected chi connectivity index (χ1v) is 10.9. The summed E-state index contributed by atoms with van der Waals surface area (Å²) in [6, 6.07) is 10.8. The minimum absolute atomic E-state index is 0.00623. The second kappa shape index (κ2) is 7.82. The van der Waals surface area contributed by atoms with Gasteiger partial charge < -0.3 is 19.3 Å². The molecule has 1 unspecified atom stereocenters. The first kappa shape index (κ1) is 20.5. The molecular weight excluding hydrogens is 434 g/mol. The van der Waals surface area contributed by atoms with Gasteiger partial charge in [0.2, 0.25) is 0 Å². The van der Waals surface area contributed by atoms with Crippen molar-refractivity contribution in [3.05, 3.63) is 53.2 Å². The quantitative estimate of drug-likeness (QED) is 0.613. The maximum atomic E-state index is 13.5. The second-order valence-electron chi connectivity index (χ2n) is 6.71. The van der Waals surface area contributed by atoms with Crippen molar-refractivity contribution in [1.82, 2.24) is 3.97 Å². The molecule has 0 saturated carbocycles. The number of rotatable bonds is 6. The Labute approximate surface area is 177 Å². The third kappa shape index (κ3) is 3.71. The first-order chi connectivity index (χ1) is 14.3. The van der Waals surface area contributed by atoms with E-state index in [0.717, 1.165) is 3.97 Å². The number of aliphatic carboxylic acids is 1. The highest BCUT2D eigenvalue weighted by Gasteiger charge is 2.26. The Hall–Kier alpha value is -2.75. The fraction of sp³-hybridized carbons (Fsp3) is 0.250. The molecule has 158 valence electrons. The predicted molar refractivity (Wildman–Crippen MR) is 109 cm³/mol. The number of carboxylic acid groups (broad SMARTS) is 1. The molecule has 1 N–H and O–H groups in total. The molecule has 1 aliphatic rings. The van der Waals surface area contributed by atoms with Gasteiger partial charge in [0.25, 0.3) is 10.0 Å². The minimum Gasteiger partial charge on any atom is -0.486 e. The van der Waals surface area contributed by atoms with Gasteiger partial charge in [0, 0.05) is 16.5 Å². The maximum absolute atomic E-state index is 13.5. The largest absolute Gasteiger partial charge is 0.486 e. The lowest BCUT2D eigenvalue weighted by Crippen LogP contribution is -2.22. The molecule has 0 bridgehead atoms. The number of hydrogen-bond donors (Lipinski definition) is 1. The van der Waals surface area contributed by atoms with E-state index < -0.39 is 22.1 Å². The fourth-order valence-corrected chi connectivity index (χ4v) is 4.90. The lowest BCUT2D eigenvalue weighted by molar-refractivity contribution is -0.149. The van der Waals surface area contributed by atoms with Crippen molar-refractivity contribution in [2.45, 2.75) is 24.5 Å². The third-order valence-electron chi connectivity index (χ3n) is 4.67. The molecule has 4 rings (SSSR count). The third-order valence-corrected chi connectivity index (χ3v) is 6.67. The summed E-state index contributed by atoms with van der Waals surface area (Å²) in [6.45, 7) is 1.88. The molecule has 3 aromatic rings. The number of hydrogen-bond acceptors (Lipinski definition) is 6. The van der Waals surface area contributed by atoms with Gasteiger partial charge in [-0.1, -0.05) is 11.6 Å². The molecule has 1 aliphatic heterocycles. The van der Waals surface area contributed by atoms with E-state index in [1.165, 1.54) is 19.1 Å². The number of carboxylic acids is 1. The van der Waals surface area contributed by atoms with Crippen molar-refractivity contribution < 1.29 is 32.5 Å². The summed E-state index contributed by atoms with van der Waals surface area (Å²) in [5, 5.41) is 10.1. The van der Waals surface area contributed by atoms with Gasteiger partial charge in [-0.25, -0.2) is 17.2 Å². The number of aromatic nitrogens is 1. The topological polar surface area (TPSA) is 104 Å². The van der Waals surface area contributed by atoms with Crippen LogP contribution in [0.3, 0.4) is 0 Å². The molecule has 0 fully saturated rings. The van der Waals surface area contributed by atoms with Crippen molar-refractivity contribution in [3.8, 4) is 11.5 Å². The number of nitrogens with zero attached hydrogens (tertiary/aromatic N) is 1. The Kier molecular flexibility index (Phi) is 5.35. The number of ether oxygens (including phenoxy) is 3. The van der Waals surface area contributed by atoms with E-state index in [0.29, 0.717) is 40.6 Å². The Morgan fingerprint density at radius 1 is 1.17 bits per heavy atom. The van der Waals surface area contributed by atoms with Gasteiger partial charge in [-0.05, 0) is 43.3 Å². The molecule has 1 aromatic heterocycles. The lowest BCUT2D eigenvalue weighted by atomic mass is 10.2. The molecule has 2 aromatic carbocycles. The van der Waals surface area contributed by atoms with E-state index in [2.05, 4.69) is 0 Å². The van der Waals surface area contributed by atoms with Gasteiger partial charge >= 0.3 is 5.97 Å². The number of benzene rings is 2. The van der Waals surface area contributed by atoms with Crippen LogP contribution in [0.1, 0.15) is 12.6 Å². The Morgan fingerprint density at radius 3 is 2.63 bits per heavy atom. The van der Waals surface area contributed by atoms with Crippen LogP contribution in [0.15, 0.2) is 47.4 Å². The van der Waals surface area contributed by atoms with Gasteiger partial charge in [0.05, 0.1) is 22.7 Å². The maximum Gasteiger partial charge on any atom is 0.332 e. The smallest absolute Gasteiger partial charge is 0.332 e. The molecule has 30 heavy (non-hydrogen) atoms. The van der Waals surface area contributed by atoms with Crippen LogP contribution in [-0.2, 0) is 26.2 Å². The second-order valence-corrected chi connectivity index (χ2v) is 8.93. The Morgan fingerprint density at radius 2 is 1.90 bits per heavy atom. The molecule has 0 amide bonds. The molecule has 8 nitrogen and oxygen atoms in total. The summed E-state index contributed by atoms with van der Waals surface area (Å²) >= 11 is 6.06. The van der Waals surface area contributed by atoms with Gasteiger partial charge in [0.15, 0.2) is 17.6 Å². The highest BCUT2D eigenvalue weighted by atomic mass is 35.5. The van der Waals surface area contributed by atoms with Gasteiger partial charge in [-0.15, -0.1) is 0 Å². The summed E-state index contributed by atoms with van der Waals surface area (Å²) in [6.07, 6.45) is -1.10. The highest BCUT2D eigenvalue weighted by molar-refractivity contribution is 7.90. The van der Waals surface area contributed by atoms with E-state index >= 15 is 0 Å². The molecule has 2 heterocycles.